The summed E-state index contributed by atoms with van der Waals surface area (Å²) < 4.78 is 1.64. The number of imidazole rings is 1. The second-order valence-electron chi connectivity index (χ2n) is 6.55. The lowest BCUT2D eigenvalue weighted by Gasteiger charge is -2.20. The van der Waals surface area contributed by atoms with Gasteiger partial charge in [0.05, 0.1) is 10.9 Å². The van der Waals surface area contributed by atoms with Crippen molar-refractivity contribution in [3.05, 3.63) is 54.1 Å². The van der Waals surface area contributed by atoms with Gasteiger partial charge < -0.3 is 9.94 Å². The molecule has 124 valence electrons. The molecular weight excluding hydrogens is 304 g/mol. The van der Waals surface area contributed by atoms with E-state index >= 15 is 0 Å². The number of carbonyl (C=O) groups is 1. The van der Waals surface area contributed by atoms with Crippen LogP contribution in [0, 0.1) is 12.3 Å². The third kappa shape index (κ3) is 2.97. The highest BCUT2D eigenvalue weighted by molar-refractivity contribution is 5.81. The van der Waals surface area contributed by atoms with Crippen molar-refractivity contribution in [1.82, 2.24) is 9.71 Å². The van der Waals surface area contributed by atoms with Gasteiger partial charge in [0.15, 0.2) is 5.82 Å². The summed E-state index contributed by atoms with van der Waals surface area (Å²) in [6, 6.07) is 15.6. The monoisotopic (exact) mass is 324 g/mol. The molecule has 5 heteroatoms. The van der Waals surface area contributed by atoms with Crippen LogP contribution in [0.2, 0.25) is 0 Å². The van der Waals surface area contributed by atoms with E-state index in [1.165, 1.54) is 0 Å². The first-order valence-corrected chi connectivity index (χ1v) is 7.80. The number of aryl methyl sites for hydroxylation is 1. The molecule has 2 aromatic carbocycles. The minimum Gasteiger partial charge on any atom is -0.481 e. The first-order chi connectivity index (χ1) is 11.4. The highest BCUT2D eigenvalue weighted by Gasteiger charge is 2.29. The second kappa shape index (κ2) is 6.00. The molecule has 1 heterocycles. The van der Waals surface area contributed by atoms with Crippen LogP contribution in [0.3, 0.4) is 0 Å². The molecule has 0 bridgehead atoms. The maximum Gasteiger partial charge on any atom is 0.312 e. The lowest BCUT2D eigenvalue weighted by Crippen LogP contribution is -2.33. The molecule has 0 aliphatic heterocycles. The summed E-state index contributed by atoms with van der Waals surface area (Å²) in [5.74, 6) is -0.234. The van der Waals surface area contributed by atoms with E-state index in [9.17, 15) is 9.90 Å². The quantitative estimate of drug-likeness (QED) is 0.779. The SMILES string of the molecule is Cc1ccc2nc(-c3ccccc3)n(OCC(C)(C)C(=O)O)c2c1. The fourth-order valence-corrected chi connectivity index (χ4v) is 2.35. The first kappa shape index (κ1) is 16.1. The number of aliphatic carboxylic acids is 1. The van der Waals surface area contributed by atoms with Crippen LogP contribution < -0.4 is 4.84 Å². The topological polar surface area (TPSA) is 64.4 Å². The lowest BCUT2D eigenvalue weighted by atomic mass is 9.96. The number of hydrogen-bond donors (Lipinski definition) is 1. The van der Waals surface area contributed by atoms with Crippen molar-refractivity contribution < 1.29 is 14.7 Å². The van der Waals surface area contributed by atoms with Crippen LogP contribution in [-0.4, -0.2) is 27.4 Å². The maximum atomic E-state index is 11.3. The van der Waals surface area contributed by atoms with Crippen molar-refractivity contribution in [3.63, 3.8) is 0 Å². The summed E-state index contributed by atoms with van der Waals surface area (Å²) in [4.78, 5) is 21.9. The average molecular weight is 324 g/mol. The largest absolute Gasteiger partial charge is 0.481 e. The van der Waals surface area contributed by atoms with Crippen LogP contribution in [0.5, 0.6) is 0 Å². The van der Waals surface area contributed by atoms with Gasteiger partial charge >= 0.3 is 5.97 Å². The fraction of sp³-hybridized carbons (Fsp3) is 0.263. The van der Waals surface area contributed by atoms with Crippen LogP contribution in [-0.2, 0) is 4.79 Å². The van der Waals surface area contributed by atoms with Gasteiger partial charge in [-0.15, -0.1) is 0 Å². The Bertz CT molecular complexity index is 882. The third-order valence-corrected chi connectivity index (χ3v) is 3.93. The van der Waals surface area contributed by atoms with Gasteiger partial charge in [0.1, 0.15) is 12.1 Å². The summed E-state index contributed by atoms with van der Waals surface area (Å²) >= 11 is 0. The molecule has 0 aliphatic rings. The van der Waals surface area contributed by atoms with Crippen LogP contribution in [0.25, 0.3) is 22.4 Å². The normalized spacial score (nSPS) is 11.6. The van der Waals surface area contributed by atoms with E-state index in [1.807, 2.05) is 55.5 Å². The van der Waals surface area contributed by atoms with Crippen molar-refractivity contribution in [3.8, 4) is 11.4 Å². The van der Waals surface area contributed by atoms with E-state index in [1.54, 1.807) is 18.6 Å². The third-order valence-electron chi connectivity index (χ3n) is 3.93. The molecule has 24 heavy (non-hydrogen) atoms. The molecule has 1 N–H and O–H groups in total. The molecule has 0 fully saturated rings. The Morgan fingerprint density at radius 2 is 1.92 bits per heavy atom. The van der Waals surface area contributed by atoms with Gasteiger partial charge in [-0.3, -0.25) is 4.79 Å². The molecule has 1 aromatic heterocycles. The molecule has 0 unspecified atom stereocenters. The molecule has 0 spiro atoms. The van der Waals surface area contributed by atoms with E-state index in [0.717, 1.165) is 22.2 Å². The predicted molar refractivity (Wildman–Crippen MR) is 92.8 cm³/mol. The van der Waals surface area contributed by atoms with Crippen LogP contribution in [0.15, 0.2) is 48.5 Å². The smallest absolute Gasteiger partial charge is 0.312 e. The van der Waals surface area contributed by atoms with E-state index in [4.69, 9.17) is 4.84 Å². The highest BCUT2D eigenvalue weighted by Crippen LogP contribution is 2.25. The van der Waals surface area contributed by atoms with Crippen molar-refractivity contribution in [1.29, 1.82) is 0 Å². The van der Waals surface area contributed by atoms with Gasteiger partial charge in [-0.05, 0) is 38.5 Å². The van der Waals surface area contributed by atoms with Gasteiger partial charge in [0.2, 0.25) is 0 Å². The van der Waals surface area contributed by atoms with Crippen molar-refractivity contribution in [2.45, 2.75) is 20.8 Å². The highest BCUT2D eigenvalue weighted by atomic mass is 16.7. The Morgan fingerprint density at radius 1 is 1.21 bits per heavy atom. The zero-order valence-corrected chi connectivity index (χ0v) is 14.0. The minimum absolute atomic E-state index is 0.0432. The Labute approximate surface area is 140 Å². The molecule has 0 atom stereocenters. The first-order valence-electron chi connectivity index (χ1n) is 7.80. The standard InChI is InChI=1S/C19H20N2O3/c1-13-9-10-15-16(11-13)21(24-12-19(2,3)18(22)23)17(20-15)14-7-5-4-6-8-14/h4-11H,12H2,1-3H3,(H,22,23). The summed E-state index contributed by atoms with van der Waals surface area (Å²) in [6.45, 7) is 5.32. The minimum atomic E-state index is -0.992. The summed E-state index contributed by atoms with van der Waals surface area (Å²) in [5, 5.41) is 9.31. The Kier molecular flexibility index (Phi) is 4.01. The van der Waals surface area contributed by atoms with Crippen LogP contribution in [0.4, 0.5) is 0 Å². The molecule has 5 nitrogen and oxygen atoms in total. The summed E-state index contributed by atoms with van der Waals surface area (Å²) in [6.07, 6.45) is 0. The number of nitrogens with zero attached hydrogens (tertiary/aromatic N) is 2. The lowest BCUT2D eigenvalue weighted by molar-refractivity contribution is -0.150. The van der Waals surface area contributed by atoms with Crippen molar-refractivity contribution >= 4 is 17.0 Å². The molecule has 3 rings (SSSR count). The van der Waals surface area contributed by atoms with Gasteiger partial charge in [0.25, 0.3) is 0 Å². The number of aromatic nitrogens is 2. The molecule has 0 aliphatic carbocycles. The van der Waals surface area contributed by atoms with Gasteiger partial charge in [-0.25, -0.2) is 4.98 Å². The van der Waals surface area contributed by atoms with E-state index in [0.29, 0.717) is 5.82 Å². The van der Waals surface area contributed by atoms with E-state index < -0.39 is 11.4 Å². The molecular formula is C19H20N2O3. The Balaban J connectivity index is 2.09. The van der Waals surface area contributed by atoms with Gasteiger partial charge in [0, 0.05) is 5.56 Å². The zero-order chi connectivity index (χ0) is 17.3. The number of benzene rings is 2. The van der Waals surface area contributed by atoms with Gasteiger partial charge in [-0.2, -0.15) is 4.73 Å². The molecule has 3 aromatic rings. The van der Waals surface area contributed by atoms with Crippen molar-refractivity contribution in [2.24, 2.45) is 5.41 Å². The predicted octanol–water partition coefficient (Wildman–Crippen LogP) is 3.55. The average Bonchev–Trinajstić information content (AvgIpc) is 2.91. The molecule has 0 amide bonds. The second-order valence-corrected chi connectivity index (χ2v) is 6.55. The number of carboxylic acid groups (broad SMARTS) is 1. The summed E-state index contributed by atoms with van der Waals surface area (Å²) in [7, 11) is 0. The Hall–Kier alpha value is -2.82. The number of fused-ring (bicyclic) bond motifs is 1. The summed E-state index contributed by atoms with van der Waals surface area (Å²) in [5.41, 5.74) is 2.65. The Morgan fingerprint density at radius 3 is 2.58 bits per heavy atom. The van der Waals surface area contributed by atoms with Crippen LogP contribution >= 0.6 is 0 Å². The van der Waals surface area contributed by atoms with Gasteiger partial charge in [-0.1, -0.05) is 36.4 Å². The van der Waals surface area contributed by atoms with E-state index in [2.05, 4.69) is 4.98 Å². The molecule has 0 saturated heterocycles. The number of rotatable bonds is 5. The zero-order valence-electron chi connectivity index (χ0n) is 14.0. The molecule has 0 radical (unpaired) electrons. The maximum absolute atomic E-state index is 11.3. The fourth-order valence-electron chi connectivity index (χ4n) is 2.35. The number of carboxylic acids is 1. The van der Waals surface area contributed by atoms with Crippen LogP contribution in [0.1, 0.15) is 19.4 Å². The number of hydrogen-bond acceptors (Lipinski definition) is 3. The van der Waals surface area contributed by atoms with Crippen molar-refractivity contribution in [2.75, 3.05) is 6.61 Å². The van der Waals surface area contributed by atoms with E-state index in [-0.39, 0.29) is 6.61 Å². The molecule has 0 saturated carbocycles.